The molecule has 1 aromatic carbocycles. The summed E-state index contributed by atoms with van der Waals surface area (Å²) in [6.45, 7) is 2.76. The number of amides is 2. The number of rotatable bonds is 10. The number of hydrogen-bond acceptors (Lipinski definition) is 8. The molecule has 0 radical (unpaired) electrons. The van der Waals surface area contributed by atoms with Gasteiger partial charge >= 0.3 is 0 Å². The number of aromatic nitrogens is 2. The monoisotopic (exact) mass is 498 g/mol. The summed E-state index contributed by atoms with van der Waals surface area (Å²) in [5.41, 5.74) is 2.35. The summed E-state index contributed by atoms with van der Waals surface area (Å²) in [5.74, 6) is 0.499. The molecule has 3 aromatic heterocycles. The SMILES string of the molecule is CCCOc1ccc(-c2csc(NC(=O)Cc3csc(NC(=O)Cc4cccs4)n3)n2)cc1. The lowest BCUT2D eigenvalue weighted by molar-refractivity contribution is -0.116. The van der Waals surface area contributed by atoms with Crippen molar-refractivity contribution in [2.45, 2.75) is 26.2 Å². The minimum Gasteiger partial charge on any atom is -0.494 e. The first-order chi connectivity index (χ1) is 16.1. The fourth-order valence-electron chi connectivity index (χ4n) is 2.91. The van der Waals surface area contributed by atoms with Crippen molar-refractivity contribution in [1.82, 2.24) is 9.97 Å². The van der Waals surface area contributed by atoms with E-state index in [-0.39, 0.29) is 18.2 Å². The number of thiophene rings is 1. The minimum absolute atomic E-state index is 0.107. The van der Waals surface area contributed by atoms with E-state index < -0.39 is 0 Å². The molecule has 0 spiro atoms. The van der Waals surface area contributed by atoms with Crippen molar-refractivity contribution in [1.29, 1.82) is 0 Å². The first-order valence-corrected chi connectivity index (χ1v) is 13.0. The number of nitrogens with zero attached hydrogens (tertiary/aromatic N) is 2. The van der Waals surface area contributed by atoms with Crippen LogP contribution in [-0.2, 0) is 22.4 Å². The van der Waals surface area contributed by atoms with E-state index in [1.165, 1.54) is 34.0 Å². The number of nitrogens with one attached hydrogen (secondary N) is 2. The molecule has 4 aromatic rings. The smallest absolute Gasteiger partial charge is 0.232 e. The van der Waals surface area contributed by atoms with E-state index in [0.717, 1.165) is 28.3 Å². The first-order valence-electron chi connectivity index (χ1n) is 10.3. The van der Waals surface area contributed by atoms with Crippen LogP contribution in [0.25, 0.3) is 11.3 Å². The molecule has 0 bridgehead atoms. The highest BCUT2D eigenvalue weighted by Gasteiger charge is 2.13. The summed E-state index contributed by atoms with van der Waals surface area (Å²) < 4.78 is 5.60. The Morgan fingerprint density at radius 2 is 1.64 bits per heavy atom. The second-order valence-corrected chi connectivity index (χ2v) is 9.83. The van der Waals surface area contributed by atoms with Gasteiger partial charge < -0.3 is 15.4 Å². The van der Waals surface area contributed by atoms with Gasteiger partial charge in [0.15, 0.2) is 10.3 Å². The van der Waals surface area contributed by atoms with Gasteiger partial charge in [-0.3, -0.25) is 9.59 Å². The fourth-order valence-corrected chi connectivity index (χ4v) is 5.08. The van der Waals surface area contributed by atoms with Gasteiger partial charge in [0.25, 0.3) is 0 Å². The van der Waals surface area contributed by atoms with Crippen molar-refractivity contribution in [3.8, 4) is 17.0 Å². The third-order valence-corrected chi connectivity index (χ3v) is 6.87. The quantitative estimate of drug-likeness (QED) is 0.302. The average molecular weight is 499 g/mol. The Balaban J connectivity index is 1.28. The van der Waals surface area contributed by atoms with Gasteiger partial charge in [-0.05, 0) is 42.1 Å². The van der Waals surface area contributed by atoms with Crippen LogP contribution in [0.1, 0.15) is 23.9 Å². The van der Waals surface area contributed by atoms with Crippen LogP contribution in [-0.4, -0.2) is 28.4 Å². The molecule has 4 rings (SSSR count). The Labute approximate surface area is 203 Å². The molecule has 10 heteroatoms. The number of carbonyl (C=O) groups excluding carboxylic acids is 2. The Bertz CT molecular complexity index is 1200. The number of carbonyl (C=O) groups is 2. The molecule has 3 heterocycles. The van der Waals surface area contributed by atoms with E-state index in [2.05, 4.69) is 27.5 Å². The molecule has 170 valence electrons. The molecule has 2 N–H and O–H groups in total. The lowest BCUT2D eigenvalue weighted by Crippen LogP contribution is -2.15. The standard InChI is InChI=1S/C23H22N4O3S3/c1-2-9-30-17-7-5-15(6-8-17)19-14-33-23(25-19)26-20(28)11-16-13-32-22(24-16)27-21(29)12-18-4-3-10-31-18/h3-8,10,13-14H,2,9,11-12H2,1H3,(H,24,27,29)(H,25,26,28). The summed E-state index contributed by atoms with van der Waals surface area (Å²) in [6, 6.07) is 11.6. The van der Waals surface area contributed by atoms with E-state index in [9.17, 15) is 9.59 Å². The highest BCUT2D eigenvalue weighted by Crippen LogP contribution is 2.27. The van der Waals surface area contributed by atoms with Crippen molar-refractivity contribution in [2.24, 2.45) is 0 Å². The Morgan fingerprint density at radius 3 is 2.36 bits per heavy atom. The molecule has 0 unspecified atom stereocenters. The van der Waals surface area contributed by atoms with Gasteiger partial charge in [0.1, 0.15) is 5.75 Å². The van der Waals surface area contributed by atoms with Gasteiger partial charge in [-0.15, -0.1) is 34.0 Å². The Morgan fingerprint density at radius 1 is 0.909 bits per heavy atom. The molecule has 0 fully saturated rings. The van der Waals surface area contributed by atoms with Crippen LogP contribution >= 0.6 is 34.0 Å². The maximum atomic E-state index is 12.4. The predicted octanol–water partition coefficient (Wildman–Crippen LogP) is 5.48. The van der Waals surface area contributed by atoms with E-state index in [0.29, 0.717) is 29.0 Å². The predicted molar refractivity (Wildman–Crippen MR) is 134 cm³/mol. The molecule has 2 amide bonds. The Kier molecular flexibility index (Phi) is 7.82. The zero-order valence-corrected chi connectivity index (χ0v) is 20.3. The van der Waals surface area contributed by atoms with Gasteiger partial charge in [-0.25, -0.2) is 9.97 Å². The third-order valence-electron chi connectivity index (χ3n) is 4.43. The minimum atomic E-state index is -0.207. The van der Waals surface area contributed by atoms with E-state index in [1.54, 1.807) is 5.38 Å². The van der Waals surface area contributed by atoms with E-state index in [4.69, 9.17) is 4.74 Å². The van der Waals surface area contributed by atoms with Crippen molar-refractivity contribution >= 4 is 56.1 Å². The normalized spacial score (nSPS) is 10.7. The second-order valence-electron chi connectivity index (χ2n) is 7.08. The zero-order valence-electron chi connectivity index (χ0n) is 17.9. The lowest BCUT2D eigenvalue weighted by Gasteiger charge is -2.04. The van der Waals surface area contributed by atoms with Crippen LogP contribution in [0, 0.1) is 0 Å². The molecular weight excluding hydrogens is 476 g/mol. The maximum Gasteiger partial charge on any atom is 0.232 e. The molecule has 0 atom stereocenters. The van der Waals surface area contributed by atoms with Gasteiger partial charge in [-0.2, -0.15) is 0 Å². The zero-order chi connectivity index (χ0) is 23.0. The molecule has 0 saturated carbocycles. The van der Waals surface area contributed by atoms with Crippen LogP contribution in [0.5, 0.6) is 5.75 Å². The van der Waals surface area contributed by atoms with Gasteiger partial charge in [0.05, 0.1) is 30.8 Å². The molecule has 33 heavy (non-hydrogen) atoms. The number of ether oxygens (including phenoxy) is 1. The van der Waals surface area contributed by atoms with Crippen molar-refractivity contribution in [2.75, 3.05) is 17.2 Å². The van der Waals surface area contributed by atoms with Crippen molar-refractivity contribution < 1.29 is 14.3 Å². The van der Waals surface area contributed by atoms with E-state index in [1.807, 2.05) is 47.2 Å². The topological polar surface area (TPSA) is 93.2 Å². The molecule has 0 saturated heterocycles. The van der Waals surface area contributed by atoms with Crippen LogP contribution in [0.2, 0.25) is 0 Å². The van der Waals surface area contributed by atoms with Gasteiger partial charge in [0, 0.05) is 21.2 Å². The summed E-state index contributed by atoms with van der Waals surface area (Å²) in [5, 5.41) is 12.2. The van der Waals surface area contributed by atoms with Crippen LogP contribution in [0.3, 0.4) is 0 Å². The third kappa shape index (κ3) is 6.70. The second kappa shape index (κ2) is 11.2. The number of hydrogen-bond donors (Lipinski definition) is 2. The maximum absolute atomic E-state index is 12.4. The highest BCUT2D eigenvalue weighted by molar-refractivity contribution is 7.14. The summed E-state index contributed by atoms with van der Waals surface area (Å²) in [4.78, 5) is 34.4. The molecule has 0 aliphatic rings. The number of benzene rings is 1. The Hall–Kier alpha value is -3.08. The summed E-state index contributed by atoms with van der Waals surface area (Å²) in [6.07, 6.45) is 1.38. The molecular formula is C23H22N4O3S3. The fraction of sp³-hybridized carbons (Fsp3) is 0.217. The average Bonchev–Trinajstić information content (AvgIpc) is 3.56. The molecule has 7 nitrogen and oxygen atoms in total. The highest BCUT2D eigenvalue weighted by atomic mass is 32.1. The van der Waals surface area contributed by atoms with Crippen LogP contribution in [0.4, 0.5) is 10.3 Å². The summed E-state index contributed by atoms with van der Waals surface area (Å²) >= 11 is 4.21. The van der Waals surface area contributed by atoms with Crippen molar-refractivity contribution in [3.05, 3.63) is 63.1 Å². The van der Waals surface area contributed by atoms with Gasteiger partial charge in [0.2, 0.25) is 11.8 Å². The molecule has 0 aliphatic heterocycles. The largest absolute Gasteiger partial charge is 0.494 e. The summed E-state index contributed by atoms with van der Waals surface area (Å²) in [7, 11) is 0. The number of thiazole rings is 2. The van der Waals surface area contributed by atoms with Crippen LogP contribution < -0.4 is 15.4 Å². The molecule has 0 aliphatic carbocycles. The van der Waals surface area contributed by atoms with E-state index >= 15 is 0 Å². The lowest BCUT2D eigenvalue weighted by atomic mass is 10.2. The van der Waals surface area contributed by atoms with Crippen LogP contribution in [0.15, 0.2) is 52.5 Å². The van der Waals surface area contributed by atoms with Crippen molar-refractivity contribution in [3.63, 3.8) is 0 Å². The number of anilines is 2. The first kappa shape index (κ1) is 23.1. The van der Waals surface area contributed by atoms with Gasteiger partial charge in [-0.1, -0.05) is 13.0 Å².